The van der Waals surface area contributed by atoms with E-state index in [9.17, 15) is 27.9 Å². The van der Waals surface area contributed by atoms with Gasteiger partial charge in [0.1, 0.15) is 5.75 Å². The lowest BCUT2D eigenvalue weighted by molar-refractivity contribution is -0.142. The molecule has 2 unspecified atom stereocenters. The number of aryl methyl sites for hydroxylation is 1. The van der Waals surface area contributed by atoms with Gasteiger partial charge in [-0.05, 0) is 67.4 Å². The number of aromatic nitrogens is 3. The van der Waals surface area contributed by atoms with Gasteiger partial charge in [0.2, 0.25) is 0 Å². The highest BCUT2D eigenvalue weighted by Gasteiger charge is 2.40. The first-order chi connectivity index (χ1) is 21.1. The fraction of sp³-hybridized carbons (Fsp3) is 0.486. The number of allylic oxidation sites excluding steroid dienone is 1. The van der Waals surface area contributed by atoms with Crippen molar-refractivity contribution in [3.8, 4) is 11.4 Å². The van der Waals surface area contributed by atoms with Crippen molar-refractivity contribution in [2.75, 3.05) is 6.54 Å². The maximum atomic E-state index is 13.7. The van der Waals surface area contributed by atoms with Crippen LogP contribution in [-0.4, -0.2) is 43.0 Å². The molecule has 244 valence electrons. The third kappa shape index (κ3) is 8.41. The van der Waals surface area contributed by atoms with Crippen LogP contribution in [0.5, 0.6) is 5.75 Å². The molecular formula is C35H45F3N4O3. The smallest absolute Gasteiger partial charge is 0.437 e. The maximum Gasteiger partial charge on any atom is 0.437 e. The molecular weight excluding hydrogens is 581 g/mol. The molecule has 45 heavy (non-hydrogen) atoms. The summed E-state index contributed by atoms with van der Waals surface area (Å²) >= 11 is 0. The largest absolute Gasteiger partial charge is 0.506 e. The molecule has 1 N–H and O–H groups in total. The molecule has 0 saturated heterocycles. The van der Waals surface area contributed by atoms with E-state index in [2.05, 4.69) is 63.5 Å². The van der Waals surface area contributed by atoms with E-state index < -0.39 is 23.5 Å². The topological polar surface area (TPSA) is 88.3 Å². The fourth-order valence-corrected chi connectivity index (χ4v) is 5.48. The number of pyridine rings is 1. The van der Waals surface area contributed by atoms with Gasteiger partial charge in [-0.25, -0.2) is 9.67 Å². The molecule has 7 nitrogen and oxygen atoms in total. The molecule has 3 heterocycles. The molecule has 4 rings (SSSR count). The van der Waals surface area contributed by atoms with Gasteiger partial charge in [-0.15, -0.1) is 0 Å². The lowest BCUT2D eigenvalue weighted by Crippen LogP contribution is -2.42. The van der Waals surface area contributed by atoms with Gasteiger partial charge in [-0.3, -0.25) is 9.59 Å². The fourth-order valence-electron chi connectivity index (χ4n) is 5.48. The first-order valence-electron chi connectivity index (χ1n) is 15.5. The predicted molar refractivity (Wildman–Crippen MR) is 170 cm³/mol. The summed E-state index contributed by atoms with van der Waals surface area (Å²) in [7, 11) is 0. The molecule has 0 fully saturated rings. The zero-order chi connectivity index (χ0) is 33.6. The molecule has 3 aromatic rings. The number of aromatic hydroxyl groups is 1. The van der Waals surface area contributed by atoms with Gasteiger partial charge in [0.25, 0.3) is 5.91 Å². The van der Waals surface area contributed by atoms with E-state index in [0.29, 0.717) is 24.8 Å². The molecule has 1 aliphatic heterocycles. The van der Waals surface area contributed by atoms with Crippen molar-refractivity contribution in [1.82, 2.24) is 19.7 Å². The lowest BCUT2D eigenvalue weighted by Gasteiger charge is -2.39. The Bertz CT molecular complexity index is 1490. The highest BCUT2D eigenvalue weighted by molar-refractivity contribution is 5.95. The van der Waals surface area contributed by atoms with Crippen molar-refractivity contribution in [2.24, 2.45) is 11.8 Å². The third-order valence-electron chi connectivity index (χ3n) is 8.26. The number of ketones is 1. The molecule has 0 saturated carbocycles. The zero-order valence-electron chi connectivity index (χ0n) is 27.3. The van der Waals surface area contributed by atoms with Crippen LogP contribution in [0.1, 0.15) is 112 Å². The van der Waals surface area contributed by atoms with Crippen LogP contribution in [0.4, 0.5) is 13.2 Å². The van der Waals surface area contributed by atoms with Crippen LogP contribution in [0.2, 0.25) is 0 Å². The van der Waals surface area contributed by atoms with Crippen molar-refractivity contribution in [3.05, 3.63) is 83.0 Å². The Balaban J connectivity index is 0.00000102. The number of hydrogen-bond donors (Lipinski definition) is 1. The Hall–Kier alpha value is -3.95. The standard InChI is InChI=1S/C31H39F3N4O2.C4H6O/c1-7-20(6)8-13-24-27-25(38(36-24)23-11-9-21(10-12-23)18(2)3)14-15-37(28(27)19(4)5)30(40)22-16-26(39)29(35-17-22)31(32,33)34;1-3-4(2)5/h9-12,16-20,28,39H,7-8,13-15H2,1-6H3;3H,1H2,2H3. The number of nitrogens with zero attached hydrogens (tertiary/aromatic N) is 4. The van der Waals surface area contributed by atoms with Crippen molar-refractivity contribution < 1.29 is 27.9 Å². The van der Waals surface area contributed by atoms with Crippen LogP contribution in [0, 0.1) is 11.8 Å². The summed E-state index contributed by atoms with van der Waals surface area (Å²) in [5.74, 6) is -0.541. The molecule has 0 spiro atoms. The van der Waals surface area contributed by atoms with E-state index in [1.165, 1.54) is 18.6 Å². The van der Waals surface area contributed by atoms with Crippen LogP contribution >= 0.6 is 0 Å². The van der Waals surface area contributed by atoms with E-state index >= 15 is 0 Å². The summed E-state index contributed by atoms with van der Waals surface area (Å²) < 4.78 is 41.4. The number of amides is 1. The monoisotopic (exact) mass is 626 g/mol. The number of rotatable bonds is 9. The summed E-state index contributed by atoms with van der Waals surface area (Å²) in [4.78, 5) is 28.5. The van der Waals surface area contributed by atoms with E-state index in [1.807, 2.05) is 18.5 Å². The van der Waals surface area contributed by atoms with Crippen LogP contribution in [-0.2, 0) is 23.8 Å². The average molecular weight is 627 g/mol. The van der Waals surface area contributed by atoms with Crippen molar-refractivity contribution in [3.63, 3.8) is 0 Å². The normalized spacial score (nSPS) is 15.4. The molecule has 1 aliphatic rings. The van der Waals surface area contributed by atoms with E-state index in [4.69, 9.17) is 5.10 Å². The minimum atomic E-state index is -4.81. The Morgan fingerprint density at radius 3 is 2.24 bits per heavy atom. The molecule has 0 aliphatic carbocycles. The number of hydrogen-bond acceptors (Lipinski definition) is 5. The number of carbonyl (C=O) groups is 2. The number of carbonyl (C=O) groups excluding carboxylic acids is 2. The second-order valence-corrected chi connectivity index (χ2v) is 12.4. The Labute approximate surface area is 264 Å². The number of fused-ring (bicyclic) bond motifs is 1. The van der Waals surface area contributed by atoms with E-state index in [-0.39, 0.29) is 23.3 Å². The van der Waals surface area contributed by atoms with Crippen molar-refractivity contribution >= 4 is 11.7 Å². The van der Waals surface area contributed by atoms with Gasteiger partial charge in [0.05, 0.1) is 28.7 Å². The SMILES string of the molecule is C=CC(C)=O.CCC(C)CCc1nn(-c2ccc(C(C)C)cc2)c2c1C(C(C)C)N(C(=O)c1cnc(C(F)(F)F)c(O)c1)CC2. The van der Waals surface area contributed by atoms with Crippen molar-refractivity contribution in [1.29, 1.82) is 0 Å². The van der Waals surface area contributed by atoms with Gasteiger partial charge >= 0.3 is 6.18 Å². The predicted octanol–water partition coefficient (Wildman–Crippen LogP) is 8.25. The van der Waals surface area contributed by atoms with Crippen LogP contribution in [0.15, 0.2) is 49.2 Å². The molecule has 1 aromatic carbocycles. The minimum Gasteiger partial charge on any atom is -0.506 e. The summed E-state index contributed by atoms with van der Waals surface area (Å²) in [6, 6.07) is 8.95. The molecule has 2 aromatic heterocycles. The van der Waals surface area contributed by atoms with E-state index in [0.717, 1.165) is 54.2 Å². The number of benzene rings is 1. The van der Waals surface area contributed by atoms with Gasteiger partial charge in [0.15, 0.2) is 11.5 Å². The lowest BCUT2D eigenvalue weighted by atomic mass is 9.86. The number of halogens is 3. The Kier molecular flexibility index (Phi) is 11.8. The Morgan fingerprint density at radius 1 is 1.13 bits per heavy atom. The molecule has 0 radical (unpaired) electrons. The van der Waals surface area contributed by atoms with Gasteiger partial charge in [0, 0.05) is 24.7 Å². The van der Waals surface area contributed by atoms with E-state index in [1.54, 1.807) is 4.90 Å². The van der Waals surface area contributed by atoms with Gasteiger partial charge in [-0.2, -0.15) is 18.3 Å². The quantitative estimate of drug-likeness (QED) is 0.242. The minimum absolute atomic E-state index is 0.0160. The number of alkyl halides is 3. The summed E-state index contributed by atoms with van der Waals surface area (Å²) in [5, 5.41) is 15.1. The zero-order valence-corrected chi connectivity index (χ0v) is 27.3. The molecule has 2 atom stereocenters. The molecule has 0 bridgehead atoms. The highest BCUT2D eigenvalue weighted by atomic mass is 19.4. The third-order valence-corrected chi connectivity index (χ3v) is 8.26. The maximum absolute atomic E-state index is 13.7. The van der Waals surface area contributed by atoms with Crippen LogP contribution in [0.25, 0.3) is 5.69 Å². The summed E-state index contributed by atoms with van der Waals surface area (Å²) in [6.07, 6.45) is 0.707. The van der Waals surface area contributed by atoms with Gasteiger partial charge < -0.3 is 10.0 Å². The van der Waals surface area contributed by atoms with Gasteiger partial charge in [-0.1, -0.05) is 66.7 Å². The second kappa shape index (κ2) is 14.9. The summed E-state index contributed by atoms with van der Waals surface area (Å²) in [6.45, 7) is 17.8. The van der Waals surface area contributed by atoms with Crippen LogP contribution < -0.4 is 0 Å². The average Bonchev–Trinajstić information content (AvgIpc) is 3.36. The first-order valence-corrected chi connectivity index (χ1v) is 15.5. The first kappa shape index (κ1) is 35.5. The van der Waals surface area contributed by atoms with Crippen molar-refractivity contribution in [2.45, 2.75) is 92.3 Å². The molecule has 10 heteroatoms. The molecule has 1 amide bonds. The second-order valence-electron chi connectivity index (χ2n) is 12.4. The Morgan fingerprint density at radius 2 is 1.76 bits per heavy atom. The van der Waals surface area contributed by atoms with Crippen LogP contribution in [0.3, 0.4) is 0 Å². The summed E-state index contributed by atoms with van der Waals surface area (Å²) in [5.41, 5.74) is 3.77. The highest BCUT2D eigenvalue weighted by Crippen LogP contribution is 2.41.